The van der Waals surface area contributed by atoms with Gasteiger partial charge in [-0.2, -0.15) is 5.26 Å². The molecule has 1 aliphatic carbocycles. The molecule has 8 nitrogen and oxygen atoms in total. The maximum absolute atomic E-state index is 12.3. The summed E-state index contributed by atoms with van der Waals surface area (Å²) < 4.78 is 10.4. The molecule has 1 aliphatic heterocycles. The number of furan rings is 1. The number of carbonyl (C=O) groups excluding carboxylic acids is 2. The first-order valence-electron chi connectivity index (χ1n) is 10.2. The van der Waals surface area contributed by atoms with Crippen LogP contribution in [0.1, 0.15) is 34.4 Å². The lowest BCUT2D eigenvalue weighted by atomic mass is 9.88. The molecule has 31 heavy (non-hydrogen) atoms. The van der Waals surface area contributed by atoms with Crippen molar-refractivity contribution >= 4 is 34.4 Å². The van der Waals surface area contributed by atoms with Crippen molar-refractivity contribution < 1.29 is 23.8 Å². The summed E-state index contributed by atoms with van der Waals surface area (Å²) >= 11 is 1.41. The zero-order valence-corrected chi connectivity index (χ0v) is 17.7. The maximum Gasteiger partial charge on any atom is 0.409 e. The van der Waals surface area contributed by atoms with Gasteiger partial charge in [-0.25, -0.2) is 4.79 Å². The summed E-state index contributed by atoms with van der Waals surface area (Å²) in [5, 5.41) is 22.5. The van der Waals surface area contributed by atoms with Crippen molar-refractivity contribution in [2.45, 2.75) is 31.8 Å². The molecule has 0 radical (unpaired) electrons. The number of nitriles is 1. The van der Waals surface area contributed by atoms with Crippen molar-refractivity contribution in [2.24, 2.45) is 5.92 Å². The van der Waals surface area contributed by atoms with Crippen molar-refractivity contribution in [3.8, 4) is 6.07 Å². The molecule has 2 atom stereocenters. The van der Waals surface area contributed by atoms with Gasteiger partial charge in [-0.15, -0.1) is 11.3 Å². The highest BCUT2D eigenvalue weighted by Gasteiger charge is 2.29. The molecule has 2 aliphatic rings. The summed E-state index contributed by atoms with van der Waals surface area (Å²) in [7, 11) is 0. The van der Waals surface area contributed by atoms with E-state index >= 15 is 0 Å². The number of thiophene rings is 1. The average Bonchev–Trinajstić information content (AvgIpc) is 3.50. The van der Waals surface area contributed by atoms with Crippen molar-refractivity contribution in [1.82, 2.24) is 4.90 Å². The van der Waals surface area contributed by atoms with Gasteiger partial charge in [-0.3, -0.25) is 4.79 Å². The number of hydrogen-bond donors (Lipinski definition) is 2. The van der Waals surface area contributed by atoms with E-state index in [2.05, 4.69) is 11.4 Å². The van der Waals surface area contributed by atoms with E-state index in [1.165, 1.54) is 34.8 Å². The fourth-order valence-corrected chi connectivity index (χ4v) is 5.20. The number of aliphatic hydroxyl groups excluding tert-OH is 1. The number of anilines is 1. The molecular formula is C22H23N3O5S. The molecule has 2 aromatic rings. The normalized spacial score (nSPS) is 20.5. The number of fused-ring (bicyclic) bond motifs is 1. The molecule has 1 fully saturated rings. The van der Waals surface area contributed by atoms with Gasteiger partial charge in [0.05, 0.1) is 30.8 Å². The summed E-state index contributed by atoms with van der Waals surface area (Å²) in [5.74, 6) is -0.145. The lowest BCUT2D eigenvalue weighted by Gasteiger charge is -2.23. The molecule has 2 amide bonds. The van der Waals surface area contributed by atoms with Gasteiger partial charge in [-0.1, -0.05) is 0 Å². The molecular weight excluding hydrogens is 418 g/mol. The molecule has 2 aromatic heterocycles. The number of nitrogens with zero attached hydrogens (tertiary/aromatic N) is 2. The van der Waals surface area contributed by atoms with E-state index in [0.717, 1.165) is 22.4 Å². The van der Waals surface area contributed by atoms with Gasteiger partial charge < -0.3 is 24.5 Å². The molecule has 2 N–H and O–H groups in total. The van der Waals surface area contributed by atoms with Gasteiger partial charge in [0.25, 0.3) is 0 Å². The topological polar surface area (TPSA) is 116 Å². The fourth-order valence-electron chi connectivity index (χ4n) is 3.89. The largest absolute Gasteiger partial charge is 0.472 e. The van der Waals surface area contributed by atoms with Crippen molar-refractivity contribution in [3.05, 3.63) is 46.2 Å². The molecule has 0 saturated carbocycles. The van der Waals surface area contributed by atoms with Gasteiger partial charge in [0.1, 0.15) is 11.1 Å². The highest BCUT2D eigenvalue weighted by Crippen LogP contribution is 2.39. The van der Waals surface area contributed by atoms with Crippen LogP contribution in [0.5, 0.6) is 0 Å². The Kier molecular flexibility index (Phi) is 6.39. The Bertz CT molecular complexity index is 1020. The van der Waals surface area contributed by atoms with E-state index in [4.69, 9.17) is 9.15 Å². The van der Waals surface area contributed by atoms with Crippen molar-refractivity contribution in [2.75, 3.05) is 25.0 Å². The number of β-amino-alcohol motifs (C(OH)–C–C–N with tert-alkyl or cyclic N) is 1. The fraction of sp³-hybridized carbons (Fsp3) is 0.409. The second kappa shape index (κ2) is 9.37. The van der Waals surface area contributed by atoms with Crippen LogP contribution in [0.2, 0.25) is 0 Å². The number of ether oxygens (including phenoxy) is 1. The van der Waals surface area contributed by atoms with Crippen LogP contribution in [0.3, 0.4) is 0 Å². The first-order chi connectivity index (χ1) is 15.0. The third kappa shape index (κ3) is 4.98. The van der Waals surface area contributed by atoms with Crippen LogP contribution < -0.4 is 5.32 Å². The first-order valence-corrected chi connectivity index (χ1v) is 11.0. The van der Waals surface area contributed by atoms with E-state index in [-0.39, 0.29) is 17.9 Å². The lowest BCUT2D eigenvalue weighted by Crippen LogP contribution is -2.32. The smallest absolute Gasteiger partial charge is 0.409 e. The highest BCUT2D eigenvalue weighted by molar-refractivity contribution is 7.16. The molecule has 1 saturated heterocycles. The van der Waals surface area contributed by atoms with Gasteiger partial charge in [0.15, 0.2) is 0 Å². The van der Waals surface area contributed by atoms with Gasteiger partial charge in [0.2, 0.25) is 5.91 Å². The maximum atomic E-state index is 12.3. The monoisotopic (exact) mass is 441 g/mol. The van der Waals surface area contributed by atoms with E-state index in [1.807, 2.05) is 0 Å². The van der Waals surface area contributed by atoms with Gasteiger partial charge in [-0.05, 0) is 49.3 Å². The molecule has 4 rings (SSSR count). The summed E-state index contributed by atoms with van der Waals surface area (Å²) in [5.41, 5.74) is 2.28. The lowest BCUT2D eigenvalue weighted by molar-refractivity contribution is -0.111. The first kappa shape index (κ1) is 21.2. The predicted molar refractivity (Wildman–Crippen MR) is 114 cm³/mol. The van der Waals surface area contributed by atoms with Crippen LogP contribution in [0.4, 0.5) is 9.80 Å². The molecule has 0 aromatic carbocycles. The molecule has 9 heteroatoms. The third-order valence-corrected chi connectivity index (χ3v) is 6.72. The molecule has 0 bridgehead atoms. The minimum absolute atomic E-state index is 0.165. The molecule has 3 heterocycles. The standard InChI is InChI=1S/C22H23N3O5S/c23-10-18-17-3-1-15(13-30-22(28)25-7-5-16(26)11-25)9-19(17)31-21(18)24-20(27)4-2-14-6-8-29-12-14/h2,4,6,8,12,15-16,26H,1,3,5,7,9,11,13H2,(H,24,27). The van der Waals surface area contributed by atoms with Crippen LogP contribution in [-0.4, -0.2) is 47.8 Å². The third-order valence-electron chi connectivity index (χ3n) is 5.55. The quantitative estimate of drug-likeness (QED) is 0.689. The summed E-state index contributed by atoms with van der Waals surface area (Å²) in [4.78, 5) is 27.0. The second-order valence-electron chi connectivity index (χ2n) is 7.77. The zero-order chi connectivity index (χ0) is 21.8. The SMILES string of the molecule is N#Cc1c(NC(=O)C=Cc2ccoc2)sc2c1CCC(COC(=O)N1CCC(O)C1)C2. The molecule has 0 spiro atoms. The van der Waals surface area contributed by atoms with Crippen molar-refractivity contribution in [1.29, 1.82) is 5.26 Å². The van der Waals surface area contributed by atoms with Crippen LogP contribution in [0.25, 0.3) is 6.08 Å². The van der Waals surface area contributed by atoms with E-state index in [1.54, 1.807) is 12.1 Å². The van der Waals surface area contributed by atoms with E-state index in [9.17, 15) is 20.0 Å². The summed E-state index contributed by atoms with van der Waals surface area (Å²) in [6.07, 6.45) is 8.05. The van der Waals surface area contributed by atoms with E-state index in [0.29, 0.717) is 49.5 Å². The Morgan fingerprint density at radius 3 is 3.03 bits per heavy atom. The van der Waals surface area contributed by atoms with E-state index < -0.39 is 6.10 Å². The summed E-state index contributed by atoms with van der Waals surface area (Å²) in [6.45, 7) is 1.14. The minimum atomic E-state index is -0.469. The summed E-state index contributed by atoms with van der Waals surface area (Å²) in [6, 6.07) is 3.97. The molecule has 162 valence electrons. The number of hydrogen-bond acceptors (Lipinski definition) is 7. The Hall–Kier alpha value is -3.09. The predicted octanol–water partition coefficient (Wildman–Crippen LogP) is 3.17. The highest BCUT2D eigenvalue weighted by atomic mass is 32.1. The minimum Gasteiger partial charge on any atom is -0.472 e. The van der Waals surface area contributed by atoms with Gasteiger partial charge in [0, 0.05) is 29.6 Å². The average molecular weight is 442 g/mol. The second-order valence-corrected chi connectivity index (χ2v) is 8.88. The van der Waals surface area contributed by atoms with Crippen LogP contribution in [0.15, 0.2) is 29.1 Å². The number of carbonyl (C=O) groups is 2. The van der Waals surface area contributed by atoms with Gasteiger partial charge >= 0.3 is 6.09 Å². The Labute approximate surface area is 183 Å². The Balaban J connectivity index is 1.36. The Morgan fingerprint density at radius 2 is 2.32 bits per heavy atom. The van der Waals surface area contributed by atoms with Crippen LogP contribution >= 0.6 is 11.3 Å². The zero-order valence-electron chi connectivity index (χ0n) is 16.9. The van der Waals surface area contributed by atoms with Crippen LogP contribution in [-0.2, 0) is 22.4 Å². The number of nitrogens with one attached hydrogen (secondary N) is 1. The molecule has 2 unspecified atom stereocenters. The number of rotatable bonds is 5. The van der Waals surface area contributed by atoms with Crippen molar-refractivity contribution in [3.63, 3.8) is 0 Å². The Morgan fingerprint density at radius 1 is 1.45 bits per heavy atom. The van der Waals surface area contributed by atoms with Crippen LogP contribution in [0, 0.1) is 17.2 Å². The number of amides is 2. The number of aliphatic hydroxyl groups is 1. The number of likely N-dealkylation sites (tertiary alicyclic amines) is 1.